The lowest BCUT2D eigenvalue weighted by Gasteiger charge is -2.34. The molecule has 2 aliphatic rings. The van der Waals surface area contributed by atoms with E-state index in [1.807, 2.05) is 18.2 Å². The van der Waals surface area contributed by atoms with Gasteiger partial charge in [0.2, 0.25) is 0 Å². The molecule has 173 valence electrons. The number of methoxy groups -OCH3 is 1. The summed E-state index contributed by atoms with van der Waals surface area (Å²) in [6.45, 7) is 5.96. The number of pyridine rings is 1. The van der Waals surface area contributed by atoms with E-state index in [0.29, 0.717) is 5.75 Å². The van der Waals surface area contributed by atoms with Crippen LogP contribution in [0.15, 0.2) is 36.5 Å². The summed E-state index contributed by atoms with van der Waals surface area (Å²) in [6, 6.07) is 13.2. The van der Waals surface area contributed by atoms with Crippen molar-refractivity contribution in [2.45, 2.75) is 32.1 Å². The first-order valence-corrected chi connectivity index (χ1v) is 12.3. The molecule has 0 saturated carbocycles. The number of ether oxygens (including phenoxy) is 1. The molecule has 2 fully saturated rings. The molecule has 0 unspecified atom stereocenters. The molecule has 0 amide bonds. The fourth-order valence-electron chi connectivity index (χ4n) is 5.23. The number of aromatic nitrogens is 1. The zero-order valence-electron chi connectivity index (χ0n) is 19.2. The second-order valence-corrected chi connectivity index (χ2v) is 9.67. The molecule has 1 aromatic heterocycles. The van der Waals surface area contributed by atoms with Crippen molar-refractivity contribution in [3.8, 4) is 22.6 Å². The van der Waals surface area contributed by atoms with Crippen LogP contribution in [-0.4, -0.2) is 54.8 Å². The molecule has 0 atom stereocenters. The number of piperidine rings is 1. The second-order valence-electron chi connectivity index (χ2n) is 9.26. The average Bonchev–Trinajstić information content (AvgIpc) is 3.38. The molecule has 1 N–H and O–H groups in total. The number of fused-ring (bicyclic) bond motifs is 1. The lowest BCUT2D eigenvalue weighted by atomic mass is 9.92. The van der Waals surface area contributed by atoms with Gasteiger partial charge in [-0.05, 0) is 93.0 Å². The van der Waals surface area contributed by atoms with E-state index in [-0.39, 0.29) is 10.8 Å². The van der Waals surface area contributed by atoms with Crippen molar-refractivity contribution in [2.24, 2.45) is 5.92 Å². The van der Waals surface area contributed by atoms with Gasteiger partial charge in [-0.15, -0.1) is 0 Å². The Morgan fingerprint density at radius 3 is 2.64 bits per heavy atom. The van der Waals surface area contributed by atoms with Crippen LogP contribution in [0, 0.1) is 12.0 Å². The van der Waals surface area contributed by atoms with Crippen LogP contribution in [0.2, 0.25) is 5.02 Å². The fraction of sp³-hybridized carbons (Fsp3) is 0.444. The first kappa shape index (κ1) is 22.3. The summed E-state index contributed by atoms with van der Waals surface area (Å²) in [6.07, 6.45) is 8.31. The number of benzene rings is 2. The van der Waals surface area contributed by atoms with Crippen LogP contribution in [0.3, 0.4) is 0 Å². The zero-order valence-corrected chi connectivity index (χ0v) is 19.9. The van der Waals surface area contributed by atoms with Gasteiger partial charge in [0.25, 0.3) is 0 Å². The third-order valence-electron chi connectivity index (χ3n) is 7.22. The van der Waals surface area contributed by atoms with E-state index in [0.717, 1.165) is 46.7 Å². The molecule has 5 nitrogen and oxygen atoms in total. The minimum absolute atomic E-state index is 0.0352. The second kappa shape index (κ2) is 9.78. The monoisotopic (exact) mass is 464 g/mol. The molecule has 3 aromatic rings. The van der Waals surface area contributed by atoms with Crippen molar-refractivity contribution >= 4 is 28.2 Å². The topological polar surface area (TPSA) is 48.8 Å². The lowest BCUT2D eigenvalue weighted by molar-refractivity contribution is 0.280. The Balaban J connectivity index is 1.36. The van der Waals surface area contributed by atoms with Crippen LogP contribution in [0.4, 0.5) is 5.69 Å². The summed E-state index contributed by atoms with van der Waals surface area (Å²) in [4.78, 5) is 9.64. The fourth-order valence-corrected chi connectivity index (χ4v) is 5.44. The Bertz CT molecular complexity index is 1120. The molecule has 1 radical (unpaired) electrons. The summed E-state index contributed by atoms with van der Waals surface area (Å²) in [5, 5.41) is 11.5. The van der Waals surface area contributed by atoms with Gasteiger partial charge in [-0.3, -0.25) is 4.98 Å². The Morgan fingerprint density at radius 2 is 1.88 bits per heavy atom. The summed E-state index contributed by atoms with van der Waals surface area (Å²) in [5.74, 6) is 1.15. The molecule has 0 bridgehead atoms. The van der Waals surface area contributed by atoms with Crippen molar-refractivity contribution in [3.05, 3.63) is 47.6 Å². The van der Waals surface area contributed by atoms with Gasteiger partial charge in [0.15, 0.2) is 11.5 Å². The van der Waals surface area contributed by atoms with Crippen molar-refractivity contribution in [1.82, 2.24) is 9.88 Å². The van der Waals surface area contributed by atoms with E-state index in [2.05, 4.69) is 26.9 Å². The van der Waals surface area contributed by atoms with Crippen molar-refractivity contribution in [3.63, 3.8) is 0 Å². The number of likely N-dealkylation sites (tertiary alicyclic amines) is 1. The van der Waals surface area contributed by atoms with Crippen LogP contribution in [0.1, 0.15) is 32.1 Å². The Morgan fingerprint density at radius 1 is 1.09 bits per heavy atom. The molecule has 6 heteroatoms. The first-order chi connectivity index (χ1) is 16.1. The van der Waals surface area contributed by atoms with Gasteiger partial charge < -0.3 is 19.6 Å². The third kappa shape index (κ3) is 4.75. The van der Waals surface area contributed by atoms with Gasteiger partial charge in [-0.2, -0.15) is 0 Å². The maximum atomic E-state index is 10.1. The zero-order chi connectivity index (χ0) is 22.8. The number of halogens is 1. The van der Waals surface area contributed by atoms with Crippen LogP contribution in [0.5, 0.6) is 11.5 Å². The van der Waals surface area contributed by atoms with E-state index in [9.17, 15) is 5.11 Å². The molecule has 33 heavy (non-hydrogen) atoms. The first-order valence-electron chi connectivity index (χ1n) is 12.0. The molecule has 2 saturated heterocycles. The summed E-state index contributed by atoms with van der Waals surface area (Å²) < 4.78 is 5.29. The number of phenols is 1. The SMILES string of the molecule is COc1cc(-c2ccc3nc[c]c(N4CCC(CCN5CCCC5)CC4)c3c2)cc(Cl)c1O. The normalized spacial score (nSPS) is 17.7. The Kier molecular flexibility index (Phi) is 6.61. The Hall–Kier alpha value is -2.50. The highest BCUT2D eigenvalue weighted by Crippen LogP contribution is 2.39. The largest absolute Gasteiger partial charge is 0.503 e. The number of rotatable bonds is 6. The summed E-state index contributed by atoms with van der Waals surface area (Å²) >= 11 is 6.24. The third-order valence-corrected chi connectivity index (χ3v) is 7.51. The minimum Gasteiger partial charge on any atom is -0.503 e. The van der Waals surface area contributed by atoms with Gasteiger partial charge in [0.1, 0.15) is 0 Å². The van der Waals surface area contributed by atoms with Gasteiger partial charge in [-0.1, -0.05) is 17.7 Å². The van der Waals surface area contributed by atoms with Crippen LogP contribution in [0.25, 0.3) is 22.0 Å². The molecule has 2 aliphatic heterocycles. The van der Waals surface area contributed by atoms with Crippen molar-refractivity contribution in [2.75, 3.05) is 44.7 Å². The lowest BCUT2D eigenvalue weighted by Crippen LogP contribution is -2.35. The predicted octanol–water partition coefficient (Wildman–Crippen LogP) is 5.77. The van der Waals surface area contributed by atoms with E-state index in [1.165, 1.54) is 58.8 Å². The van der Waals surface area contributed by atoms with Crippen molar-refractivity contribution < 1.29 is 9.84 Å². The highest BCUT2D eigenvalue weighted by molar-refractivity contribution is 6.32. The van der Waals surface area contributed by atoms with Gasteiger partial charge in [-0.25, -0.2) is 0 Å². The van der Waals surface area contributed by atoms with Crippen LogP contribution >= 0.6 is 11.6 Å². The molecular weight excluding hydrogens is 434 g/mol. The van der Waals surface area contributed by atoms with E-state index in [1.54, 1.807) is 12.3 Å². The molecule has 3 heterocycles. The number of hydrogen-bond donors (Lipinski definition) is 1. The van der Waals surface area contributed by atoms with Gasteiger partial charge >= 0.3 is 0 Å². The maximum absolute atomic E-state index is 10.1. The van der Waals surface area contributed by atoms with E-state index < -0.39 is 0 Å². The molecule has 0 aliphatic carbocycles. The molecule has 0 spiro atoms. The number of phenolic OH excluding ortho intramolecular Hbond substituents is 1. The predicted molar refractivity (Wildman–Crippen MR) is 134 cm³/mol. The Labute approximate surface area is 200 Å². The van der Waals surface area contributed by atoms with Gasteiger partial charge in [0.05, 0.1) is 23.3 Å². The van der Waals surface area contributed by atoms with Crippen LogP contribution in [-0.2, 0) is 0 Å². The maximum Gasteiger partial charge on any atom is 0.176 e. The number of anilines is 1. The summed E-state index contributed by atoms with van der Waals surface area (Å²) in [7, 11) is 1.53. The highest BCUT2D eigenvalue weighted by Gasteiger charge is 2.22. The van der Waals surface area contributed by atoms with Crippen molar-refractivity contribution in [1.29, 1.82) is 0 Å². The van der Waals surface area contributed by atoms with E-state index in [4.69, 9.17) is 16.3 Å². The van der Waals surface area contributed by atoms with Gasteiger partial charge in [0, 0.05) is 30.7 Å². The summed E-state index contributed by atoms with van der Waals surface area (Å²) in [5.41, 5.74) is 3.98. The standard InChI is InChI=1S/C27H31ClN3O2/c1-33-26-18-21(17-23(28)27(26)32)20-4-5-24-22(16-20)25(6-10-29-24)31-14-8-19(9-15-31)7-13-30-11-2-3-12-30/h4-5,10,16-19,32H,2-3,7-9,11-15H2,1H3. The molecular formula is C27H31ClN3O2. The smallest absolute Gasteiger partial charge is 0.176 e. The highest BCUT2D eigenvalue weighted by atomic mass is 35.5. The van der Waals surface area contributed by atoms with E-state index >= 15 is 0 Å². The molecule has 2 aromatic carbocycles. The number of hydrogen-bond acceptors (Lipinski definition) is 5. The van der Waals surface area contributed by atoms with Crippen LogP contribution < -0.4 is 9.64 Å². The average molecular weight is 465 g/mol. The number of aromatic hydroxyl groups is 1. The minimum atomic E-state index is -0.0352. The molecule has 5 rings (SSSR count). The number of nitrogens with zero attached hydrogens (tertiary/aromatic N) is 3. The quantitative estimate of drug-likeness (QED) is 0.501.